The predicted octanol–water partition coefficient (Wildman–Crippen LogP) is 10.7. The average molecular weight is 771 g/mol. The smallest absolute Gasteiger partial charge is 0.315 e. The van der Waals surface area contributed by atoms with Crippen molar-refractivity contribution in [3.05, 3.63) is 139 Å². The number of benzene rings is 5. The number of rotatable bonds is 3. The van der Waals surface area contributed by atoms with Crippen molar-refractivity contribution >= 4 is 49.0 Å². The first kappa shape index (κ1) is 28.6. The Morgan fingerprint density at radius 2 is 1.24 bits per heavy atom. The van der Waals surface area contributed by atoms with Crippen LogP contribution in [0.2, 0.25) is 0 Å². The maximum absolute atomic E-state index is 5.54. The van der Waals surface area contributed by atoms with Crippen LogP contribution in [0.1, 0.15) is 26.3 Å². The number of fused-ring (bicyclic) bond motifs is 8. The van der Waals surface area contributed by atoms with E-state index in [1.54, 1.807) is 0 Å². The second-order valence-electron chi connectivity index (χ2n) is 12.9. The molecule has 0 fully saturated rings. The van der Waals surface area contributed by atoms with E-state index in [1.807, 2.05) is 30.3 Å². The molecule has 0 aliphatic carbocycles. The Morgan fingerprint density at radius 1 is 0.587 bits per heavy atom. The third kappa shape index (κ3) is 4.22. The molecular formula is C42H29N3Pt. The van der Waals surface area contributed by atoms with E-state index in [0.29, 0.717) is 0 Å². The first-order chi connectivity index (χ1) is 22.0. The van der Waals surface area contributed by atoms with Crippen molar-refractivity contribution in [2.75, 3.05) is 0 Å². The number of pyridine rings is 2. The van der Waals surface area contributed by atoms with E-state index >= 15 is 0 Å². The van der Waals surface area contributed by atoms with Crippen LogP contribution >= 0.6 is 0 Å². The molecule has 46 heavy (non-hydrogen) atoms. The molecule has 0 unspecified atom stereocenters. The Hall–Kier alpha value is -4.85. The zero-order valence-corrected chi connectivity index (χ0v) is 28.0. The van der Waals surface area contributed by atoms with Gasteiger partial charge in [0.2, 0.25) is 0 Å². The van der Waals surface area contributed by atoms with Gasteiger partial charge in [0.05, 0.1) is 22.2 Å². The Balaban J connectivity index is 0.00000312. The summed E-state index contributed by atoms with van der Waals surface area (Å²) < 4.78 is 2.42. The van der Waals surface area contributed by atoms with E-state index in [-0.39, 0.29) is 26.5 Å². The van der Waals surface area contributed by atoms with Gasteiger partial charge in [0.15, 0.2) is 0 Å². The third-order valence-corrected chi connectivity index (χ3v) is 9.09. The molecule has 0 saturated carbocycles. The van der Waals surface area contributed by atoms with Crippen LogP contribution < -0.4 is 0 Å². The number of hydrogen-bond donors (Lipinski definition) is 0. The molecule has 0 spiro atoms. The van der Waals surface area contributed by atoms with Crippen LogP contribution in [0, 0.1) is 12.1 Å². The van der Waals surface area contributed by atoms with Gasteiger partial charge in [-0.3, -0.25) is 9.97 Å². The van der Waals surface area contributed by atoms with Crippen LogP contribution in [0.15, 0.2) is 121 Å². The molecular weight excluding hydrogens is 742 g/mol. The van der Waals surface area contributed by atoms with Gasteiger partial charge in [0.1, 0.15) is 0 Å². The summed E-state index contributed by atoms with van der Waals surface area (Å²) in [6.45, 7) is 6.75. The first-order valence-corrected chi connectivity index (χ1v) is 15.4. The summed E-state index contributed by atoms with van der Waals surface area (Å²) in [6.07, 6.45) is 0. The number of nitrogens with zero attached hydrogens (tertiary/aromatic N) is 3. The van der Waals surface area contributed by atoms with Crippen molar-refractivity contribution in [2.45, 2.75) is 26.2 Å². The summed E-state index contributed by atoms with van der Waals surface area (Å²) in [4.78, 5) is 10.8. The fourth-order valence-electron chi connectivity index (χ4n) is 6.95. The molecule has 222 valence electrons. The van der Waals surface area contributed by atoms with Crippen molar-refractivity contribution in [2.24, 2.45) is 0 Å². The van der Waals surface area contributed by atoms with Gasteiger partial charge in [-0.25, -0.2) is 0 Å². The fraction of sp³-hybridized carbons (Fsp3) is 0.0952. The molecule has 0 aliphatic heterocycles. The molecule has 3 nitrogen and oxygen atoms in total. The Labute approximate surface area is 282 Å². The summed E-state index contributed by atoms with van der Waals surface area (Å²) >= 11 is 0. The van der Waals surface area contributed by atoms with E-state index in [1.165, 1.54) is 38.1 Å². The van der Waals surface area contributed by atoms with Gasteiger partial charge in [-0.2, -0.15) is 0 Å². The van der Waals surface area contributed by atoms with Crippen molar-refractivity contribution in [1.29, 1.82) is 0 Å². The minimum atomic E-state index is -0.0646. The zero-order chi connectivity index (χ0) is 30.3. The molecule has 9 aromatic rings. The summed E-state index contributed by atoms with van der Waals surface area (Å²) in [5.74, 6) is 0. The van der Waals surface area contributed by atoms with Crippen molar-refractivity contribution in [3.63, 3.8) is 0 Å². The van der Waals surface area contributed by atoms with E-state index in [2.05, 4.69) is 128 Å². The van der Waals surface area contributed by atoms with E-state index < -0.39 is 0 Å². The topological polar surface area (TPSA) is 30.2 Å². The van der Waals surface area contributed by atoms with Crippen LogP contribution in [0.4, 0.5) is 0 Å². The largest absolute Gasteiger partial charge is 2.00 e. The third-order valence-electron chi connectivity index (χ3n) is 9.09. The van der Waals surface area contributed by atoms with Gasteiger partial charge in [0.25, 0.3) is 0 Å². The van der Waals surface area contributed by atoms with E-state index in [4.69, 9.17) is 9.97 Å². The molecule has 0 amide bonds. The summed E-state index contributed by atoms with van der Waals surface area (Å²) in [5.41, 5.74) is 11.4. The molecule has 4 heterocycles. The quantitative estimate of drug-likeness (QED) is 0.168. The molecule has 0 bridgehead atoms. The summed E-state index contributed by atoms with van der Waals surface area (Å²) in [6, 6.07) is 49.5. The van der Waals surface area contributed by atoms with Crippen LogP contribution in [0.5, 0.6) is 0 Å². The molecule has 9 rings (SSSR count). The SMILES string of the molecule is CC(C)(C)c1cc(-c2[c-]cccc2)nc(-c2cccc3c2nc(-c2[c-]cccc2)c2c3c3cccc4c5ccccc5n2c43)c1.[Pt+2]. The van der Waals surface area contributed by atoms with Crippen LogP contribution in [-0.2, 0) is 26.5 Å². The predicted molar refractivity (Wildman–Crippen MR) is 187 cm³/mol. The normalized spacial score (nSPS) is 12.1. The summed E-state index contributed by atoms with van der Waals surface area (Å²) in [7, 11) is 0. The molecule has 0 N–H and O–H groups in total. The molecule has 0 radical (unpaired) electrons. The van der Waals surface area contributed by atoms with E-state index in [9.17, 15) is 0 Å². The van der Waals surface area contributed by atoms with Crippen LogP contribution in [0.25, 0.3) is 82.8 Å². The number of hydrogen-bond acceptors (Lipinski definition) is 2. The van der Waals surface area contributed by atoms with Crippen molar-refractivity contribution in [1.82, 2.24) is 14.4 Å². The Bertz CT molecular complexity index is 2560. The second-order valence-corrected chi connectivity index (χ2v) is 12.9. The Kier molecular flexibility index (Phi) is 6.60. The zero-order valence-electron chi connectivity index (χ0n) is 25.7. The number of aromatic nitrogens is 3. The van der Waals surface area contributed by atoms with Crippen LogP contribution in [0.3, 0.4) is 0 Å². The standard InChI is InChI=1S/C42H29N3.Pt/c1-42(2,3)28-24-34(26-14-6-4-7-15-26)43-35(25-28)31-20-13-21-32-37-33-22-12-19-30-29-18-10-11-23-36(29)45(40(30)33)41(37)38(44-39(31)32)27-16-8-5-9-17-27;/h4-14,16,18-25H,1-3H3;/q-2;+2. The minimum Gasteiger partial charge on any atom is -0.315 e. The minimum absolute atomic E-state index is 0. The van der Waals surface area contributed by atoms with Gasteiger partial charge in [0, 0.05) is 43.7 Å². The summed E-state index contributed by atoms with van der Waals surface area (Å²) in [5, 5.41) is 6.08. The molecule has 0 atom stereocenters. The van der Waals surface area contributed by atoms with Crippen molar-refractivity contribution in [3.8, 4) is 33.8 Å². The molecule has 4 aromatic heterocycles. The second kappa shape index (κ2) is 10.6. The van der Waals surface area contributed by atoms with Crippen LogP contribution in [-0.4, -0.2) is 14.4 Å². The van der Waals surface area contributed by atoms with Gasteiger partial charge in [-0.1, -0.05) is 81.4 Å². The van der Waals surface area contributed by atoms with Gasteiger partial charge in [-0.15, -0.1) is 71.8 Å². The molecule has 5 aromatic carbocycles. The maximum Gasteiger partial charge on any atom is 2.00 e. The maximum atomic E-state index is 5.54. The molecule has 0 saturated heterocycles. The first-order valence-electron chi connectivity index (χ1n) is 15.4. The Morgan fingerprint density at radius 3 is 2.00 bits per heavy atom. The van der Waals surface area contributed by atoms with Gasteiger partial charge >= 0.3 is 21.1 Å². The van der Waals surface area contributed by atoms with E-state index in [0.717, 1.165) is 50.2 Å². The van der Waals surface area contributed by atoms with Gasteiger partial charge in [-0.05, 0) is 28.8 Å². The number of para-hydroxylation sites is 3. The fourth-order valence-corrected chi connectivity index (χ4v) is 6.95. The average Bonchev–Trinajstić information content (AvgIpc) is 3.61. The molecule has 0 aliphatic rings. The monoisotopic (exact) mass is 770 g/mol. The van der Waals surface area contributed by atoms with Gasteiger partial charge < -0.3 is 4.40 Å². The molecule has 4 heteroatoms. The van der Waals surface area contributed by atoms with Crippen molar-refractivity contribution < 1.29 is 21.1 Å².